The van der Waals surface area contributed by atoms with E-state index in [1.54, 1.807) is 36.5 Å². The molecule has 0 spiro atoms. The zero-order chi connectivity index (χ0) is 15.2. The molecule has 0 amide bonds. The number of hydrogen-bond donors (Lipinski definition) is 1. The minimum atomic E-state index is 0.429. The second-order valence-corrected chi connectivity index (χ2v) is 4.45. The summed E-state index contributed by atoms with van der Waals surface area (Å²) >= 11 is 0. The minimum Gasteiger partial charge on any atom is -0.439 e. The largest absolute Gasteiger partial charge is 0.439 e. The number of nitrogens with zero attached hydrogens (tertiary/aromatic N) is 3. The molecule has 1 aromatic heterocycles. The molecule has 0 saturated heterocycles. The van der Waals surface area contributed by atoms with E-state index in [1.807, 2.05) is 30.3 Å². The van der Waals surface area contributed by atoms with Gasteiger partial charge >= 0.3 is 0 Å². The average Bonchev–Trinajstić information content (AvgIpc) is 2.57. The van der Waals surface area contributed by atoms with Crippen molar-refractivity contribution < 1.29 is 4.74 Å². The summed E-state index contributed by atoms with van der Waals surface area (Å²) in [7, 11) is 0. The van der Waals surface area contributed by atoms with Crippen LogP contribution in [0.2, 0.25) is 0 Å². The standard InChI is InChI=1S/C17H12N4O/c18-12-13-6-8-14(9-7-13)20-17-19-11-10-16(21-17)22-15-4-2-1-3-5-15/h1-11H,(H,19,20,21). The maximum atomic E-state index is 8.78. The molecule has 5 heteroatoms. The van der Waals surface area contributed by atoms with Crippen molar-refractivity contribution in [3.05, 3.63) is 72.4 Å². The Labute approximate surface area is 127 Å². The first-order valence-electron chi connectivity index (χ1n) is 6.66. The van der Waals surface area contributed by atoms with Crippen LogP contribution in [0.15, 0.2) is 66.9 Å². The summed E-state index contributed by atoms with van der Waals surface area (Å²) < 4.78 is 5.66. The second-order valence-electron chi connectivity index (χ2n) is 4.45. The molecule has 0 aliphatic carbocycles. The number of rotatable bonds is 4. The van der Waals surface area contributed by atoms with Gasteiger partial charge in [-0.3, -0.25) is 0 Å². The Balaban J connectivity index is 1.74. The number of aromatic nitrogens is 2. The van der Waals surface area contributed by atoms with Gasteiger partial charge in [-0.2, -0.15) is 10.2 Å². The van der Waals surface area contributed by atoms with Crippen LogP contribution in [-0.4, -0.2) is 9.97 Å². The van der Waals surface area contributed by atoms with Crippen LogP contribution >= 0.6 is 0 Å². The number of benzene rings is 2. The molecule has 106 valence electrons. The molecular weight excluding hydrogens is 276 g/mol. The van der Waals surface area contributed by atoms with E-state index in [-0.39, 0.29) is 0 Å². The lowest BCUT2D eigenvalue weighted by Crippen LogP contribution is -1.98. The van der Waals surface area contributed by atoms with E-state index < -0.39 is 0 Å². The molecule has 0 bridgehead atoms. The fourth-order valence-corrected chi connectivity index (χ4v) is 1.83. The monoisotopic (exact) mass is 288 g/mol. The third-order valence-corrected chi connectivity index (χ3v) is 2.87. The Bertz CT molecular complexity index is 795. The van der Waals surface area contributed by atoms with Crippen LogP contribution in [0.1, 0.15) is 5.56 Å². The number of para-hydroxylation sites is 1. The maximum Gasteiger partial charge on any atom is 0.230 e. The third-order valence-electron chi connectivity index (χ3n) is 2.87. The summed E-state index contributed by atoms with van der Waals surface area (Å²) in [6.07, 6.45) is 1.62. The average molecular weight is 288 g/mol. The number of anilines is 2. The van der Waals surface area contributed by atoms with Crippen molar-refractivity contribution in [1.82, 2.24) is 9.97 Å². The molecule has 3 rings (SSSR count). The van der Waals surface area contributed by atoms with Crippen LogP contribution in [0.4, 0.5) is 11.6 Å². The highest BCUT2D eigenvalue weighted by Crippen LogP contribution is 2.20. The highest BCUT2D eigenvalue weighted by atomic mass is 16.5. The van der Waals surface area contributed by atoms with Crippen LogP contribution in [0, 0.1) is 11.3 Å². The van der Waals surface area contributed by atoms with Crippen molar-refractivity contribution in [3.63, 3.8) is 0 Å². The SMILES string of the molecule is N#Cc1ccc(Nc2nccc(Oc3ccccc3)n2)cc1. The minimum absolute atomic E-state index is 0.429. The quantitative estimate of drug-likeness (QED) is 0.788. The first kappa shape index (κ1) is 13.6. The number of ether oxygens (including phenoxy) is 1. The number of nitrogens with one attached hydrogen (secondary N) is 1. The molecule has 0 saturated carbocycles. The highest BCUT2D eigenvalue weighted by Gasteiger charge is 2.02. The zero-order valence-corrected chi connectivity index (χ0v) is 11.6. The van der Waals surface area contributed by atoms with Gasteiger partial charge in [-0.25, -0.2) is 4.98 Å². The fourth-order valence-electron chi connectivity index (χ4n) is 1.83. The van der Waals surface area contributed by atoms with Crippen molar-refractivity contribution in [2.45, 2.75) is 0 Å². The molecule has 0 aliphatic rings. The van der Waals surface area contributed by atoms with Crippen LogP contribution in [0.3, 0.4) is 0 Å². The molecule has 0 aliphatic heterocycles. The van der Waals surface area contributed by atoms with Gasteiger partial charge in [0, 0.05) is 18.0 Å². The number of hydrogen-bond acceptors (Lipinski definition) is 5. The van der Waals surface area contributed by atoms with E-state index in [0.29, 0.717) is 23.1 Å². The Kier molecular flexibility index (Phi) is 3.94. The summed E-state index contributed by atoms with van der Waals surface area (Å²) in [5.74, 6) is 1.60. The van der Waals surface area contributed by atoms with E-state index >= 15 is 0 Å². The van der Waals surface area contributed by atoms with Gasteiger partial charge in [0.25, 0.3) is 0 Å². The van der Waals surface area contributed by atoms with Crippen LogP contribution < -0.4 is 10.1 Å². The van der Waals surface area contributed by atoms with Crippen LogP contribution in [-0.2, 0) is 0 Å². The van der Waals surface area contributed by atoms with Crippen molar-refractivity contribution in [3.8, 4) is 17.7 Å². The molecule has 0 atom stereocenters. The lowest BCUT2D eigenvalue weighted by Gasteiger charge is -2.07. The first-order chi connectivity index (χ1) is 10.8. The summed E-state index contributed by atoms with van der Waals surface area (Å²) in [6.45, 7) is 0. The van der Waals surface area contributed by atoms with Gasteiger partial charge in [0.15, 0.2) is 0 Å². The molecule has 22 heavy (non-hydrogen) atoms. The van der Waals surface area contributed by atoms with Crippen LogP contribution in [0.25, 0.3) is 0 Å². The smallest absolute Gasteiger partial charge is 0.230 e. The lowest BCUT2D eigenvalue weighted by molar-refractivity contribution is 0.462. The third kappa shape index (κ3) is 3.38. The van der Waals surface area contributed by atoms with E-state index in [4.69, 9.17) is 10.00 Å². The Morgan fingerprint density at radius 1 is 0.955 bits per heavy atom. The second kappa shape index (κ2) is 6.37. The van der Waals surface area contributed by atoms with Crippen molar-refractivity contribution in [1.29, 1.82) is 5.26 Å². The Morgan fingerprint density at radius 2 is 1.73 bits per heavy atom. The van der Waals surface area contributed by atoms with Gasteiger partial charge in [0.1, 0.15) is 5.75 Å². The molecule has 0 fully saturated rings. The van der Waals surface area contributed by atoms with Gasteiger partial charge < -0.3 is 10.1 Å². The first-order valence-corrected chi connectivity index (χ1v) is 6.66. The molecule has 0 radical (unpaired) electrons. The van der Waals surface area contributed by atoms with Crippen LogP contribution in [0.5, 0.6) is 11.6 Å². The molecule has 1 heterocycles. The van der Waals surface area contributed by atoms with E-state index in [2.05, 4.69) is 21.4 Å². The molecule has 2 aromatic carbocycles. The van der Waals surface area contributed by atoms with Crippen molar-refractivity contribution in [2.75, 3.05) is 5.32 Å². The topological polar surface area (TPSA) is 70.8 Å². The zero-order valence-electron chi connectivity index (χ0n) is 11.6. The van der Waals surface area contributed by atoms with Gasteiger partial charge in [-0.1, -0.05) is 18.2 Å². The van der Waals surface area contributed by atoms with E-state index in [0.717, 1.165) is 5.69 Å². The lowest BCUT2D eigenvalue weighted by atomic mass is 10.2. The van der Waals surface area contributed by atoms with E-state index in [1.165, 1.54) is 0 Å². The molecule has 0 unspecified atom stereocenters. The number of nitriles is 1. The van der Waals surface area contributed by atoms with Gasteiger partial charge in [0.2, 0.25) is 11.8 Å². The summed E-state index contributed by atoms with van der Waals surface area (Å²) in [5, 5.41) is 11.9. The predicted molar refractivity (Wildman–Crippen MR) is 83.0 cm³/mol. The molecular formula is C17H12N4O. The van der Waals surface area contributed by atoms with Crippen molar-refractivity contribution in [2.24, 2.45) is 0 Å². The summed E-state index contributed by atoms with van der Waals surface area (Å²) in [4.78, 5) is 8.45. The molecule has 3 aromatic rings. The van der Waals surface area contributed by atoms with Gasteiger partial charge in [-0.05, 0) is 36.4 Å². The fraction of sp³-hybridized carbons (Fsp3) is 0. The highest BCUT2D eigenvalue weighted by molar-refractivity contribution is 5.55. The van der Waals surface area contributed by atoms with Gasteiger partial charge in [0.05, 0.1) is 11.6 Å². The van der Waals surface area contributed by atoms with E-state index in [9.17, 15) is 0 Å². The Morgan fingerprint density at radius 3 is 2.45 bits per heavy atom. The normalized spacial score (nSPS) is 9.77. The summed E-state index contributed by atoms with van der Waals surface area (Å²) in [6, 6.07) is 20.2. The predicted octanol–water partition coefficient (Wildman–Crippen LogP) is 3.88. The molecule has 5 nitrogen and oxygen atoms in total. The Hall–Kier alpha value is -3.39. The molecule has 1 N–H and O–H groups in total. The van der Waals surface area contributed by atoms with Gasteiger partial charge in [-0.15, -0.1) is 0 Å². The van der Waals surface area contributed by atoms with Crippen molar-refractivity contribution >= 4 is 11.6 Å². The maximum absolute atomic E-state index is 8.78. The summed E-state index contributed by atoms with van der Waals surface area (Å²) in [5.41, 5.74) is 1.41.